The van der Waals surface area contributed by atoms with Crippen molar-refractivity contribution in [2.45, 2.75) is 65.2 Å². The summed E-state index contributed by atoms with van der Waals surface area (Å²) in [6, 6.07) is 14.0. The van der Waals surface area contributed by atoms with E-state index >= 15 is 0 Å². The lowest BCUT2D eigenvalue weighted by Crippen LogP contribution is -2.47. The molecule has 0 radical (unpaired) electrons. The average molecular weight is 665 g/mol. The van der Waals surface area contributed by atoms with Crippen molar-refractivity contribution in [3.63, 3.8) is 0 Å². The summed E-state index contributed by atoms with van der Waals surface area (Å²) < 4.78 is 29.3. The van der Waals surface area contributed by atoms with Gasteiger partial charge < -0.3 is 33.2 Å². The number of unbranched alkanes of at least 4 members (excludes halogenated alkanes) is 1. The first-order chi connectivity index (χ1) is 23.7. The molecule has 2 fully saturated rings. The van der Waals surface area contributed by atoms with E-state index in [-0.39, 0.29) is 0 Å². The van der Waals surface area contributed by atoms with Crippen LogP contribution in [0, 0.1) is 5.92 Å². The molecular weight excluding hydrogens is 604 g/mol. The van der Waals surface area contributed by atoms with Gasteiger partial charge in [-0.05, 0) is 108 Å². The molecule has 0 saturated carbocycles. The van der Waals surface area contributed by atoms with Gasteiger partial charge in [-0.1, -0.05) is 12.8 Å². The largest absolute Gasteiger partial charge is 0.494 e. The molecule has 0 spiro atoms. The minimum Gasteiger partial charge on any atom is -0.494 e. The molecule has 1 atom stereocenters. The number of aromatic nitrogens is 1. The molecule has 3 heterocycles. The molecule has 0 amide bonds. The Morgan fingerprint density at radius 2 is 1.33 bits per heavy atom. The molecule has 0 bridgehead atoms. The van der Waals surface area contributed by atoms with Gasteiger partial charge in [0, 0.05) is 77.3 Å². The van der Waals surface area contributed by atoms with Crippen LogP contribution in [-0.4, -0.2) is 118 Å². The van der Waals surface area contributed by atoms with Gasteiger partial charge in [-0.15, -0.1) is 0 Å². The standard InChI is InChI=1S/C39H60N4O5/c1-3-44-28-6-5-10-33-11-7-19-41(22-18-33)20-8-29-46-35-14-12-34(13-15-35)39-40-37-17-16-36(32-38(37)48-39)47-30-9-21-42-23-25-43(26-24-42)27-31-45-4-2/h12-17,32-33H,3-11,18-31H2,1-2H3. The molecular formula is C39H60N4O5. The first kappa shape index (κ1) is 36.6. The Hall–Kier alpha value is -2.69. The molecule has 9 nitrogen and oxygen atoms in total. The van der Waals surface area contributed by atoms with Crippen LogP contribution in [0.5, 0.6) is 11.5 Å². The van der Waals surface area contributed by atoms with Gasteiger partial charge in [-0.2, -0.15) is 0 Å². The first-order valence-corrected chi connectivity index (χ1v) is 18.8. The van der Waals surface area contributed by atoms with Crippen molar-refractivity contribution in [3.05, 3.63) is 42.5 Å². The second kappa shape index (κ2) is 20.7. The number of fused-ring (bicyclic) bond motifs is 1. The van der Waals surface area contributed by atoms with Crippen molar-refractivity contribution in [1.82, 2.24) is 19.7 Å². The lowest BCUT2D eigenvalue weighted by Gasteiger charge is -2.34. The molecule has 3 aromatic rings. The highest BCUT2D eigenvalue weighted by molar-refractivity contribution is 5.77. The van der Waals surface area contributed by atoms with Crippen molar-refractivity contribution in [3.8, 4) is 23.0 Å². The Kier molecular flexibility index (Phi) is 15.8. The normalized spacial score (nSPS) is 18.3. The van der Waals surface area contributed by atoms with E-state index in [4.69, 9.17) is 28.3 Å². The zero-order valence-electron chi connectivity index (χ0n) is 29.7. The summed E-state index contributed by atoms with van der Waals surface area (Å²) in [6.45, 7) is 19.0. The van der Waals surface area contributed by atoms with Gasteiger partial charge in [0.1, 0.15) is 17.0 Å². The Labute approximate surface area is 288 Å². The van der Waals surface area contributed by atoms with Gasteiger partial charge in [0.2, 0.25) is 5.89 Å². The van der Waals surface area contributed by atoms with Gasteiger partial charge in [0.15, 0.2) is 5.58 Å². The quantitative estimate of drug-likeness (QED) is 0.112. The van der Waals surface area contributed by atoms with E-state index in [0.717, 1.165) is 126 Å². The summed E-state index contributed by atoms with van der Waals surface area (Å²) in [5, 5.41) is 0. The fraction of sp³-hybridized carbons (Fsp3) is 0.667. The molecule has 1 unspecified atom stereocenters. The molecule has 0 N–H and O–H groups in total. The molecule has 48 heavy (non-hydrogen) atoms. The lowest BCUT2D eigenvalue weighted by molar-refractivity contribution is 0.0791. The maximum Gasteiger partial charge on any atom is 0.227 e. The second-order valence-corrected chi connectivity index (χ2v) is 13.3. The van der Waals surface area contributed by atoms with E-state index in [0.29, 0.717) is 12.5 Å². The zero-order valence-corrected chi connectivity index (χ0v) is 29.7. The summed E-state index contributed by atoms with van der Waals surface area (Å²) in [5.74, 6) is 3.20. The fourth-order valence-electron chi connectivity index (χ4n) is 6.86. The molecule has 266 valence electrons. The topological polar surface area (TPSA) is 72.7 Å². The van der Waals surface area contributed by atoms with E-state index < -0.39 is 0 Å². The Balaban J connectivity index is 0.967. The van der Waals surface area contributed by atoms with Gasteiger partial charge in [-0.25, -0.2) is 4.98 Å². The number of likely N-dealkylation sites (tertiary alicyclic amines) is 1. The average Bonchev–Trinajstić information content (AvgIpc) is 3.41. The second-order valence-electron chi connectivity index (χ2n) is 13.3. The third-order valence-electron chi connectivity index (χ3n) is 9.75. The smallest absolute Gasteiger partial charge is 0.227 e. The molecule has 0 aliphatic carbocycles. The van der Waals surface area contributed by atoms with Crippen molar-refractivity contribution in [1.29, 1.82) is 0 Å². The van der Waals surface area contributed by atoms with E-state index in [9.17, 15) is 0 Å². The molecule has 2 aliphatic rings. The van der Waals surface area contributed by atoms with Crippen LogP contribution < -0.4 is 9.47 Å². The molecule has 9 heteroatoms. The predicted octanol–water partition coefficient (Wildman–Crippen LogP) is 7.00. The highest BCUT2D eigenvalue weighted by Gasteiger charge is 2.18. The summed E-state index contributed by atoms with van der Waals surface area (Å²) >= 11 is 0. The third kappa shape index (κ3) is 12.3. The number of ether oxygens (including phenoxy) is 4. The highest BCUT2D eigenvalue weighted by atomic mass is 16.5. The van der Waals surface area contributed by atoms with Crippen molar-refractivity contribution in [2.24, 2.45) is 5.92 Å². The number of benzene rings is 2. The van der Waals surface area contributed by atoms with Gasteiger partial charge in [0.05, 0.1) is 19.8 Å². The van der Waals surface area contributed by atoms with Crippen LogP contribution in [0.4, 0.5) is 0 Å². The summed E-state index contributed by atoms with van der Waals surface area (Å²) in [7, 11) is 0. The maximum absolute atomic E-state index is 6.14. The minimum atomic E-state index is 0.614. The number of oxazole rings is 1. The SMILES string of the molecule is CCOCCCCC1CCCN(CCCOc2ccc(-c3nc4ccc(OCCCN5CCN(CCOCC)CC5)cc4o3)cc2)CC1. The van der Waals surface area contributed by atoms with Crippen molar-refractivity contribution < 1.29 is 23.4 Å². The van der Waals surface area contributed by atoms with E-state index in [1.807, 2.05) is 42.5 Å². The minimum absolute atomic E-state index is 0.614. The molecule has 5 rings (SSSR count). The van der Waals surface area contributed by atoms with Crippen LogP contribution in [-0.2, 0) is 9.47 Å². The lowest BCUT2D eigenvalue weighted by atomic mass is 9.94. The summed E-state index contributed by atoms with van der Waals surface area (Å²) in [4.78, 5) is 12.4. The van der Waals surface area contributed by atoms with Crippen LogP contribution in [0.3, 0.4) is 0 Å². The monoisotopic (exact) mass is 664 g/mol. The van der Waals surface area contributed by atoms with Gasteiger partial charge in [0.25, 0.3) is 0 Å². The molecule has 2 aliphatic heterocycles. The van der Waals surface area contributed by atoms with Crippen LogP contribution in [0.15, 0.2) is 46.9 Å². The van der Waals surface area contributed by atoms with Gasteiger partial charge in [-0.3, -0.25) is 4.90 Å². The van der Waals surface area contributed by atoms with Crippen LogP contribution >= 0.6 is 0 Å². The Morgan fingerprint density at radius 3 is 2.08 bits per heavy atom. The summed E-state index contributed by atoms with van der Waals surface area (Å²) in [5.41, 5.74) is 2.52. The first-order valence-electron chi connectivity index (χ1n) is 18.8. The van der Waals surface area contributed by atoms with Crippen molar-refractivity contribution in [2.75, 3.05) is 98.5 Å². The summed E-state index contributed by atoms with van der Waals surface area (Å²) in [6.07, 6.45) is 9.92. The fourth-order valence-corrected chi connectivity index (χ4v) is 6.86. The number of rotatable bonds is 21. The Bertz CT molecular complexity index is 1290. The highest BCUT2D eigenvalue weighted by Crippen LogP contribution is 2.29. The molecule has 2 saturated heterocycles. The van der Waals surface area contributed by atoms with E-state index in [1.165, 1.54) is 51.6 Å². The number of hydrogen-bond acceptors (Lipinski definition) is 9. The maximum atomic E-state index is 6.14. The third-order valence-corrected chi connectivity index (χ3v) is 9.75. The predicted molar refractivity (Wildman–Crippen MR) is 193 cm³/mol. The zero-order chi connectivity index (χ0) is 33.2. The van der Waals surface area contributed by atoms with Crippen LogP contribution in [0.1, 0.15) is 65.2 Å². The van der Waals surface area contributed by atoms with Crippen LogP contribution in [0.2, 0.25) is 0 Å². The Morgan fingerprint density at radius 1 is 0.667 bits per heavy atom. The number of nitrogens with zero attached hydrogens (tertiary/aromatic N) is 4. The number of hydrogen-bond donors (Lipinski definition) is 0. The number of piperazine rings is 1. The molecule has 2 aromatic carbocycles. The van der Waals surface area contributed by atoms with Gasteiger partial charge >= 0.3 is 0 Å². The van der Waals surface area contributed by atoms with Crippen LogP contribution in [0.25, 0.3) is 22.6 Å². The van der Waals surface area contributed by atoms with E-state index in [1.54, 1.807) is 0 Å². The van der Waals surface area contributed by atoms with Crippen molar-refractivity contribution >= 4 is 11.1 Å². The van der Waals surface area contributed by atoms with E-state index in [2.05, 4.69) is 28.5 Å². The molecule has 1 aromatic heterocycles.